The molecule has 2 aliphatic rings. The molecule has 2 amide bonds. The highest BCUT2D eigenvalue weighted by atomic mass is 16.2. The second kappa shape index (κ2) is 8.02. The average molecular weight is 391 g/mol. The fraction of sp³-hybridized carbons (Fsp3) is 0.440. The van der Waals surface area contributed by atoms with Crippen LogP contribution in [0.4, 0.5) is 5.69 Å². The Bertz CT molecular complexity index is 915. The molecule has 1 heterocycles. The first-order valence-electron chi connectivity index (χ1n) is 10.8. The van der Waals surface area contributed by atoms with E-state index >= 15 is 0 Å². The molecule has 0 spiro atoms. The number of nitrogens with zero attached hydrogens (tertiary/aromatic N) is 1. The molecule has 1 aliphatic heterocycles. The maximum atomic E-state index is 13.5. The normalized spacial score (nSPS) is 19.4. The summed E-state index contributed by atoms with van der Waals surface area (Å²) < 4.78 is 0. The smallest absolute Gasteiger partial charge is 0.231 e. The number of nitrogens with one attached hydrogen (secondary N) is 1. The van der Waals surface area contributed by atoms with E-state index in [1.165, 1.54) is 5.56 Å². The summed E-state index contributed by atoms with van der Waals surface area (Å²) in [7, 11) is 0. The molecule has 0 radical (unpaired) electrons. The van der Waals surface area contributed by atoms with Crippen LogP contribution in [0.5, 0.6) is 0 Å². The van der Waals surface area contributed by atoms with Crippen molar-refractivity contribution in [1.82, 2.24) is 5.32 Å². The summed E-state index contributed by atoms with van der Waals surface area (Å²) in [6, 6.07) is 16.3. The van der Waals surface area contributed by atoms with Crippen molar-refractivity contribution in [2.45, 2.75) is 63.8 Å². The minimum absolute atomic E-state index is 0.109. The Morgan fingerprint density at radius 1 is 1.07 bits per heavy atom. The maximum absolute atomic E-state index is 13.5. The lowest BCUT2D eigenvalue weighted by molar-refractivity contribution is -0.127. The summed E-state index contributed by atoms with van der Waals surface area (Å²) in [5.74, 6) is 0.305. The predicted octanol–water partition coefficient (Wildman–Crippen LogP) is 4.81. The zero-order chi connectivity index (χ0) is 20.4. The Balaban J connectivity index is 1.55. The largest absolute Gasteiger partial charge is 0.349 e. The van der Waals surface area contributed by atoms with Crippen molar-refractivity contribution >= 4 is 17.5 Å². The third kappa shape index (κ3) is 3.81. The molecule has 2 aromatic carbocycles. The van der Waals surface area contributed by atoms with Crippen LogP contribution >= 0.6 is 0 Å². The SMILES string of the molecule is Cc1cccc(C2(C(=O)NC(C)c3cccc(N4CCCC4=O)c3)CCCC2)c1. The zero-order valence-electron chi connectivity index (χ0n) is 17.4. The standard InChI is InChI=1S/C25H30N2O2/c1-18-8-5-10-21(16-18)25(13-3-4-14-25)24(29)26-19(2)20-9-6-11-22(17-20)27-15-7-12-23(27)28/h5-6,8-11,16-17,19H,3-4,7,12-15H2,1-2H3,(H,26,29). The fourth-order valence-corrected chi connectivity index (χ4v) is 4.87. The van der Waals surface area contributed by atoms with Crippen molar-refractivity contribution in [3.8, 4) is 0 Å². The lowest BCUT2D eigenvalue weighted by atomic mass is 9.77. The van der Waals surface area contributed by atoms with Gasteiger partial charge in [0.25, 0.3) is 0 Å². The van der Waals surface area contributed by atoms with E-state index in [0.29, 0.717) is 6.42 Å². The molecule has 2 fully saturated rings. The second-order valence-electron chi connectivity index (χ2n) is 8.60. The first kappa shape index (κ1) is 19.7. The molecular formula is C25H30N2O2. The molecule has 1 atom stereocenters. The van der Waals surface area contributed by atoms with Crippen molar-refractivity contribution in [2.75, 3.05) is 11.4 Å². The predicted molar refractivity (Wildman–Crippen MR) is 116 cm³/mol. The van der Waals surface area contributed by atoms with E-state index in [4.69, 9.17) is 0 Å². The Labute approximate surface area is 173 Å². The van der Waals surface area contributed by atoms with Crippen LogP contribution in [0.3, 0.4) is 0 Å². The number of hydrogen-bond acceptors (Lipinski definition) is 2. The molecular weight excluding hydrogens is 360 g/mol. The van der Waals surface area contributed by atoms with E-state index in [1.54, 1.807) is 0 Å². The number of amides is 2. The van der Waals surface area contributed by atoms with Crippen LogP contribution in [0.2, 0.25) is 0 Å². The van der Waals surface area contributed by atoms with Gasteiger partial charge in [0.15, 0.2) is 0 Å². The van der Waals surface area contributed by atoms with E-state index in [9.17, 15) is 9.59 Å². The van der Waals surface area contributed by atoms with Crippen molar-refractivity contribution in [3.63, 3.8) is 0 Å². The van der Waals surface area contributed by atoms with Crippen LogP contribution in [-0.4, -0.2) is 18.4 Å². The highest BCUT2D eigenvalue weighted by Gasteiger charge is 2.43. The first-order chi connectivity index (χ1) is 14.0. The van der Waals surface area contributed by atoms with E-state index in [0.717, 1.165) is 55.5 Å². The number of aryl methyl sites for hydroxylation is 1. The first-order valence-corrected chi connectivity index (χ1v) is 10.8. The van der Waals surface area contributed by atoms with Gasteiger partial charge in [-0.3, -0.25) is 9.59 Å². The molecule has 4 nitrogen and oxygen atoms in total. The molecule has 0 bridgehead atoms. The van der Waals surface area contributed by atoms with E-state index in [2.05, 4.69) is 36.5 Å². The number of carbonyl (C=O) groups is 2. The van der Waals surface area contributed by atoms with Gasteiger partial charge in [-0.2, -0.15) is 0 Å². The van der Waals surface area contributed by atoms with Gasteiger partial charge in [-0.05, 0) is 56.4 Å². The molecule has 4 rings (SSSR count). The van der Waals surface area contributed by atoms with Gasteiger partial charge in [0.05, 0.1) is 11.5 Å². The average Bonchev–Trinajstić information content (AvgIpc) is 3.38. The minimum Gasteiger partial charge on any atom is -0.349 e. The molecule has 2 aromatic rings. The summed E-state index contributed by atoms with van der Waals surface area (Å²) in [5, 5.41) is 3.28. The Morgan fingerprint density at radius 2 is 1.83 bits per heavy atom. The number of carbonyl (C=O) groups excluding carboxylic acids is 2. The van der Waals surface area contributed by atoms with Crippen molar-refractivity contribution < 1.29 is 9.59 Å². The molecule has 1 N–H and O–H groups in total. The molecule has 4 heteroatoms. The number of hydrogen-bond donors (Lipinski definition) is 1. The van der Waals surface area contributed by atoms with E-state index < -0.39 is 5.41 Å². The van der Waals surface area contributed by atoms with Crippen molar-refractivity contribution in [1.29, 1.82) is 0 Å². The number of benzene rings is 2. The van der Waals surface area contributed by atoms with Gasteiger partial charge in [0, 0.05) is 18.7 Å². The maximum Gasteiger partial charge on any atom is 0.231 e. The Kier molecular flexibility index (Phi) is 5.44. The zero-order valence-corrected chi connectivity index (χ0v) is 17.4. The van der Waals surface area contributed by atoms with Crippen molar-refractivity contribution in [2.24, 2.45) is 0 Å². The molecule has 1 unspecified atom stereocenters. The molecule has 1 saturated heterocycles. The monoisotopic (exact) mass is 390 g/mol. The molecule has 1 aliphatic carbocycles. The van der Waals surface area contributed by atoms with Crippen LogP contribution in [0.15, 0.2) is 48.5 Å². The van der Waals surface area contributed by atoms with Crippen LogP contribution in [-0.2, 0) is 15.0 Å². The van der Waals surface area contributed by atoms with Crippen LogP contribution in [0.25, 0.3) is 0 Å². The van der Waals surface area contributed by atoms with Crippen LogP contribution in [0, 0.1) is 6.92 Å². The van der Waals surface area contributed by atoms with Gasteiger partial charge >= 0.3 is 0 Å². The summed E-state index contributed by atoms with van der Waals surface area (Å²) in [4.78, 5) is 27.4. The third-order valence-corrected chi connectivity index (χ3v) is 6.57. The third-order valence-electron chi connectivity index (χ3n) is 6.57. The second-order valence-corrected chi connectivity index (χ2v) is 8.60. The van der Waals surface area contributed by atoms with Crippen LogP contribution < -0.4 is 10.2 Å². The quantitative estimate of drug-likeness (QED) is 0.796. The van der Waals surface area contributed by atoms with Gasteiger partial charge in [0.1, 0.15) is 0 Å². The summed E-state index contributed by atoms with van der Waals surface area (Å²) in [6.45, 7) is 4.89. The number of anilines is 1. The van der Waals surface area contributed by atoms with E-state index in [1.807, 2.05) is 36.1 Å². The molecule has 152 valence electrons. The highest BCUT2D eigenvalue weighted by molar-refractivity contribution is 5.95. The highest BCUT2D eigenvalue weighted by Crippen LogP contribution is 2.42. The molecule has 29 heavy (non-hydrogen) atoms. The van der Waals surface area contributed by atoms with Gasteiger partial charge in [-0.15, -0.1) is 0 Å². The van der Waals surface area contributed by atoms with Gasteiger partial charge in [0.2, 0.25) is 11.8 Å². The van der Waals surface area contributed by atoms with Crippen molar-refractivity contribution in [3.05, 3.63) is 65.2 Å². The van der Waals surface area contributed by atoms with E-state index in [-0.39, 0.29) is 17.9 Å². The Morgan fingerprint density at radius 3 is 2.52 bits per heavy atom. The summed E-state index contributed by atoms with van der Waals surface area (Å²) >= 11 is 0. The minimum atomic E-state index is -0.428. The van der Waals surface area contributed by atoms with Gasteiger partial charge < -0.3 is 10.2 Å². The lowest BCUT2D eigenvalue weighted by Crippen LogP contribution is -2.43. The summed E-state index contributed by atoms with van der Waals surface area (Å²) in [5.41, 5.74) is 3.87. The molecule has 1 saturated carbocycles. The van der Waals surface area contributed by atoms with Crippen LogP contribution in [0.1, 0.15) is 68.2 Å². The lowest BCUT2D eigenvalue weighted by Gasteiger charge is -2.30. The Hall–Kier alpha value is -2.62. The van der Waals surface area contributed by atoms with Gasteiger partial charge in [-0.1, -0.05) is 54.8 Å². The molecule has 0 aromatic heterocycles. The van der Waals surface area contributed by atoms with Gasteiger partial charge in [-0.25, -0.2) is 0 Å². The summed E-state index contributed by atoms with van der Waals surface area (Å²) in [6.07, 6.45) is 5.50. The number of rotatable bonds is 5. The topological polar surface area (TPSA) is 49.4 Å². The fourth-order valence-electron chi connectivity index (χ4n) is 4.87.